The number of benzene rings is 1. The van der Waals surface area contributed by atoms with Crippen molar-refractivity contribution in [2.24, 2.45) is 0 Å². The Morgan fingerprint density at radius 2 is 2.00 bits per heavy atom. The molecule has 0 aliphatic rings. The summed E-state index contributed by atoms with van der Waals surface area (Å²) >= 11 is 0. The van der Waals surface area contributed by atoms with E-state index in [1.165, 1.54) is 12.3 Å². The second kappa shape index (κ2) is 4.81. The van der Waals surface area contributed by atoms with Crippen molar-refractivity contribution in [3.8, 4) is 0 Å². The number of para-hydroxylation sites is 1. The molecule has 0 aliphatic carbocycles. The van der Waals surface area contributed by atoms with Gasteiger partial charge in [0.05, 0.1) is 17.7 Å². The molecule has 6 heteroatoms. The van der Waals surface area contributed by atoms with Crippen LogP contribution in [-0.4, -0.2) is 23.2 Å². The first-order valence-corrected chi connectivity index (χ1v) is 5.33. The summed E-state index contributed by atoms with van der Waals surface area (Å²) in [6, 6.07) is 5.50. The number of aliphatic hydroxyl groups excluding tert-OH is 1. The van der Waals surface area contributed by atoms with Crippen LogP contribution in [0.15, 0.2) is 30.5 Å². The number of nitrogens with zero attached hydrogens (tertiary/aromatic N) is 1. The fourth-order valence-corrected chi connectivity index (χ4v) is 1.75. The Kier molecular flexibility index (Phi) is 3.38. The van der Waals surface area contributed by atoms with Gasteiger partial charge >= 0.3 is 6.18 Å². The van der Waals surface area contributed by atoms with Gasteiger partial charge < -0.3 is 10.4 Å². The van der Waals surface area contributed by atoms with Crippen molar-refractivity contribution in [3.63, 3.8) is 0 Å². The SMILES string of the molecule is OCCNc1ccnc2c(C(F)(F)F)cccc12. The zero-order chi connectivity index (χ0) is 13.2. The normalized spacial score (nSPS) is 11.8. The zero-order valence-corrected chi connectivity index (χ0v) is 9.33. The third-order valence-electron chi connectivity index (χ3n) is 2.50. The average Bonchev–Trinajstić information content (AvgIpc) is 2.34. The lowest BCUT2D eigenvalue weighted by Crippen LogP contribution is -2.09. The van der Waals surface area contributed by atoms with Crippen LogP contribution in [0.3, 0.4) is 0 Å². The molecule has 2 rings (SSSR count). The topological polar surface area (TPSA) is 45.1 Å². The van der Waals surface area contributed by atoms with Crippen LogP contribution in [0.25, 0.3) is 10.9 Å². The van der Waals surface area contributed by atoms with Gasteiger partial charge in [0, 0.05) is 23.8 Å². The van der Waals surface area contributed by atoms with Crippen LogP contribution in [-0.2, 0) is 6.18 Å². The Bertz CT molecular complexity index is 555. The van der Waals surface area contributed by atoms with Crippen molar-refractivity contribution in [2.45, 2.75) is 6.18 Å². The van der Waals surface area contributed by atoms with Crippen LogP contribution >= 0.6 is 0 Å². The van der Waals surface area contributed by atoms with E-state index in [2.05, 4.69) is 10.3 Å². The number of halogens is 3. The highest BCUT2D eigenvalue weighted by atomic mass is 19.4. The first kappa shape index (κ1) is 12.6. The number of hydrogen-bond donors (Lipinski definition) is 2. The number of pyridine rings is 1. The first-order chi connectivity index (χ1) is 8.54. The molecule has 0 atom stereocenters. The molecule has 2 aromatic rings. The third-order valence-corrected chi connectivity index (χ3v) is 2.50. The standard InChI is InChI=1S/C12H11F3N2O/c13-12(14,15)9-3-1-2-8-10(16-6-7-18)4-5-17-11(8)9/h1-5,18H,6-7H2,(H,16,17). The lowest BCUT2D eigenvalue weighted by atomic mass is 10.1. The van der Waals surface area contributed by atoms with E-state index in [-0.39, 0.29) is 18.7 Å². The van der Waals surface area contributed by atoms with Crippen molar-refractivity contribution in [1.82, 2.24) is 4.98 Å². The van der Waals surface area contributed by atoms with Crippen molar-refractivity contribution >= 4 is 16.6 Å². The summed E-state index contributed by atoms with van der Waals surface area (Å²) in [6.45, 7) is 0.179. The van der Waals surface area contributed by atoms with E-state index >= 15 is 0 Å². The van der Waals surface area contributed by atoms with Crippen molar-refractivity contribution in [3.05, 3.63) is 36.0 Å². The Morgan fingerprint density at radius 1 is 1.22 bits per heavy atom. The van der Waals surface area contributed by atoms with Crippen LogP contribution in [0.1, 0.15) is 5.56 Å². The molecule has 0 aliphatic heterocycles. The maximum atomic E-state index is 12.8. The van der Waals surface area contributed by atoms with Gasteiger partial charge in [-0.2, -0.15) is 13.2 Å². The molecular weight excluding hydrogens is 245 g/mol. The molecule has 2 N–H and O–H groups in total. The molecule has 0 bridgehead atoms. The lowest BCUT2D eigenvalue weighted by Gasteiger charge is -2.12. The maximum absolute atomic E-state index is 12.8. The number of alkyl halides is 3. The summed E-state index contributed by atoms with van der Waals surface area (Å²) in [5.41, 5.74) is -0.319. The molecule has 0 spiro atoms. The van der Waals surface area contributed by atoms with Crippen molar-refractivity contribution in [2.75, 3.05) is 18.5 Å². The Labute approximate surface area is 101 Å². The number of anilines is 1. The second-order valence-corrected chi connectivity index (χ2v) is 3.71. The summed E-state index contributed by atoms with van der Waals surface area (Å²) in [5, 5.41) is 12.0. The predicted octanol–water partition coefficient (Wildman–Crippen LogP) is 2.66. The van der Waals surface area contributed by atoms with E-state index in [9.17, 15) is 13.2 Å². The number of rotatable bonds is 3. The molecule has 0 unspecified atom stereocenters. The summed E-state index contributed by atoms with van der Waals surface area (Å²) in [6.07, 6.45) is -3.11. The van der Waals surface area contributed by atoms with Crippen molar-refractivity contribution < 1.29 is 18.3 Å². The highest BCUT2D eigenvalue weighted by Crippen LogP contribution is 2.35. The van der Waals surface area contributed by atoms with Gasteiger partial charge in [-0.1, -0.05) is 12.1 Å². The monoisotopic (exact) mass is 256 g/mol. The Hall–Kier alpha value is -1.82. The number of fused-ring (bicyclic) bond motifs is 1. The van der Waals surface area contributed by atoms with Crippen LogP contribution in [0.5, 0.6) is 0 Å². The maximum Gasteiger partial charge on any atom is 0.418 e. The second-order valence-electron chi connectivity index (χ2n) is 3.71. The Morgan fingerprint density at radius 3 is 2.67 bits per heavy atom. The summed E-state index contributed by atoms with van der Waals surface area (Å²) in [5.74, 6) is 0. The first-order valence-electron chi connectivity index (χ1n) is 5.33. The van der Waals surface area contributed by atoms with E-state index in [0.717, 1.165) is 6.07 Å². The molecule has 1 aromatic carbocycles. The quantitative estimate of drug-likeness (QED) is 0.887. The molecule has 1 aromatic heterocycles. The van der Waals surface area contributed by atoms with Crippen LogP contribution in [0.2, 0.25) is 0 Å². The van der Waals surface area contributed by atoms with Crippen LogP contribution in [0, 0.1) is 0 Å². The van der Waals surface area contributed by atoms with Gasteiger partial charge in [-0.15, -0.1) is 0 Å². The molecule has 96 valence electrons. The van der Waals surface area contributed by atoms with E-state index in [4.69, 9.17) is 5.11 Å². The number of aromatic nitrogens is 1. The molecule has 18 heavy (non-hydrogen) atoms. The van der Waals surface area contributed by atoms with Gasteiger partial charge in [0.2, 0.25) is 0 Å². The minimum Gasteiger partial charge on any atom is -0.395 e. The summed E-state index contributed by atoms with van der Waals surface area (Å²) < 4.78 is 38.4. The number of aliphatic hydroxyl groups is 1. The van der Waals surface area contributed by atoms with E-state index in [1.54, 1.807) is 12.1 Å². The number of hydrogen-bond acceptors (Lipinski definition) is 3. The molecule has 0 saturated carbocycles. The number of nitrogens with one attached hydrogen (secondary N) is 1. The summed E-state index contributed by atoms with van der Waals surface area (Å²) in [4.78, 5) is 3.79. The average molecular weight is 256 g/mol. The smallest absolute Gasteiger partial charge is 0.395 e. The van der Waals surface area contributed by atoms with Crippen molar-refractivity contribution in [1.29, 1.82) is 0 Å². The largest absolute Gasteiger partial charge is 0.418 e. The van der Waals surface area contributed by atoms with Crippen LogP contribution < -0.4 is 5.32 Å². The van der Waals surface area contributed by atoms with Gasteiger partial charge in [-0.25, -0.2) is 0 Å². The highest BCUT2D eigenvalue weighted by molar-refractivity contribution is 5.93. The van der Waals surface area contributed by atoms with E-state index < -0.39 is 11.7 Å². The predicted molar refractivity (Wildman–Crippen MR) is 62.3 cm³/mol. The van der Waals surface area contributed by atoms with Crippen LogP contribution in [0.4, 0.5) is 18.9 Å². The lowest BCUT2D eigenvalue weighted by molar-refractivity contribution is -0.136. The molecule has 1 heterocycles. The van der Waals surface area contributed by atoms with Gasteiger partial charge in [-0.3, -0.25) is 4.98 Å². The molecule has 0 saturated heterocycles. The highest BCUT2D eigenvalue weighted by Gasteiger charge is 2.33. The minimum atomic E-state index is -4.43. The van der Waals surface area contributed by atoms with Gasteiger partial charge in [0.1, 0.15) is 0 Å². The Balaban J connectivity index is 2.58. The molecular formula is C12H11F3N2O. The molecule has 3 nitrogen and oxygen atoms in total. The fraction of sp³-hybridized carbons (Fsp3) is 0.250. The molecule has 0 fully saturated rings. The van der Waals surface area contributed by atoms with E-state index in [0.29, 0.717) is 11.1 Å². The van der Waals surface area contributed by atoms with Gasteiger partial charge in [0.25, 0.3) is 0 Å². The fourth-order valence-electron chi connectivity index (χ4n) is 1.75. The van der Waals surface area contributed by atoms with E-state index in [1.807, 2.05) is 0 Å². The summed E-state index contributed by atoms with van der Waals surface area (Å²) in [7, 11) is 0. The minimum absolute atomic E-state index is 0.0899. The van der Waals surface area contributed by atoms with Gasteiger partial charge in [0.15, 0.2) is 0 Å². The van der Waals surface area contributed by atoms with Gasteiger partial charge in [-0.05, 0) is 12.1 Å². The molecule has 0 radical (unpaired) electrons. The zero-order valence-electron chi connectivity index (χ0n) is 9.33. The molecule has 0 amide bonds. The third kappa shape index (κ3) is 2.38.